The van der Waals surface area contributed by atoms with Gasteiger partial charge in [-0.05, 0) is 36.4 Å². The average molecular weight is 380 g/mol. The normalized spacial score (nSPS) is 27.6. The predicted molar refractivity (Wildman–Crippen MR) is 97.3 cm³/mol. The standard InChI is InChI=1S/C17H21N3O3S2/c21-25(22,16-6-3-10-24-16)20-9-4-7-17(13-20)11-14(12-23-17)19-15-5-1-2-8-18-15/h1-3,5-6,8,10,14H,4,7,9,11-13H2,(H,18,19)/t14-,17+/m1/s1. The van der Waals surface area contributed by atoms with Gasteiger partial charge in [-0.3, -0.25) is 0 Å². The Morgan fingerprint density at radius 3 is 3.00 bits per heavy atom. The highest BCUT2D eigenvalue weighted by molar-refractivity contribution is 7.91. The third-order valence-corrected chi connectivity index (χ3v) is 8.04. The number of sulfonamides is 1. The van der Waals surface area contributed by atoms with Crippen molar-refractivity contribution in [2.24, 2.45) is 0 Å². The van der Waals surface area contributed by atoms with Gasteiger partial charge in [0.15, 0.2) is 0 Å². The Labute approximate surface area is 151 Å². The highest BCUT2D eigenvalue weighted by Crippen LogP contribution is 2.37. The number of thiophene rings is 1. The second kappa shape index (κ2) is 6.68. The summed E-state index contributed by atoms with van der Waals surface area (Å²) in [5.74, 6) is 0.826. The number of rotatable bonds is 4. The lowest BCUT2D eigenvalue weighted by atomic mass is 9.90. The summed E-state index contributed by atoms with van der Waals surface area (Å²) in [5, 5.41) is 5.19. The molecular weight excluding hydrogens is 358 g/mol. The lowest BCUT2D eigenvalue weighted by molar-refractivity contribution is -0.0329. The quantitative estimate of drug-likeness (QED) is 0.884. The molecule has 2 aromatic heterocycles. The van der Waals surface area contributed by atoms with Crippen molar-refractivity contribution < 1.29 is 13.2 Å². The molecule has 1 spiro atoms. The van der Waals surface area contributed by atoms with E-state index < -0.39 is 15.6 Å². The van der Waals surface area contributed by atoms with E-state index in [1.807, 2.05) is 18.2 Å². The number of nitrogens with one attached hydrogen (secondary N) is 1. The van der Waals surface area contributed by atoms with E-state index in [0.29, 0.717) is 23.9 Å². The van der Waals surface area contributed by atoms with Gasteiger partial charge in [0.25, 0.3) is 10.0 Å². The van der Waals surface area contributed by atoms with Gasteiger partial charge in [0.2, 0.25) is 0 Å². The third kappa shape index (κ3) is 3.44. The summed E-state index contributed by atoms with van der Waals surface area (Å²) in [6.07, 6.45) is 4.26. The monoisotopic (exact) mass is 379 g/mol. The highest BCUT2D eigenvalue weighted by atomic mass is 32.2. The largest absolute Gasteiger partial charge is 0.371 e. The van der Waals surface area contributed by atoms with Gasteiger partial charge in [-0.2, -0.15) is 4.31 Å². The summed E-state index contributed by atoms with van der Waals surface area (Å²) in [6.45, 7) is 1.56. The molecule has 8 heteroatoms. The van der Waals surface area contributed by atoms with Crippen molar-refractivity contribution in [2.45, 2.75) is 35.1 Å². The maximum absolute atomic E-state index is 12.8. The van der Waals surface area contributed by atoms with Crippen molar-refractivity contribution in [2.75, 3.05) is 25.0 Å². The van der Waals surface area contributed by atoms with E-state index in [2.05, 4.69) is 10.3 Å². The number of anilines is 1. The Hall–Kier alpha value is -1.48. The summed E-state index contributed by atoms with van der Waals surface area (Å²) < 4.78 is 33.7. The van der Waals surface area contributed by atoms with Crippen LogP contribution in [0.25, 0.3) is 0 Å². The van der Waals surface area contributed by atoms with Gasteiger partial charge < -0.3 is 10.1 Å². The van der Waals surface area contributed by atoms with Crippen molar-refractivity contribution in [3.05, 3.63) is 41.9 Å². The Balaban J connectivity index is 1.46. The minimum absolute atomic E-state index is 0.152. The molecule has 2 atom stereocenters. The van der Waals surface area contributed by atoms with E-state index in [9.17, 15) is 8.42 Å². The summed E-state index contributed by atoms with van der Waals surface area (Å²) in [7, 11) is -3.42. The highest BCUT2D eigenvalue weighted by Gasteiger charge is 2.46. The zero-order chi connectivity index (χ0) is 17.3. The maximum Gasteiger partial charge on any atom is 0.252 e. The topological polar surface area (TPSA) is 71.5 Å². The van der Waals surface area contributed by atoms with E-state index in [-0.39, 0.29) is 6.04 Å². The third-order valence-electron chi connectivity index (χ3n) is 4.82. The smallest absolute Gasteiger partial charge is 0.252 e. The second-order valence-electron chi connectivity index (χ2n) is 6.63. The van der Waals surface area contributed by atoms with Crippen LogP contribution in [0.4, 0.5) is 5.82 Å². The molecule has 0 bridgehead atoms. The van der Waals surface area contributed by atoms with Crippen molar-refractivity contribution in [3.8, 4) is 0 Å². The Bertz CT molecular complexity index is 811. The van der Waals surface area contributed by atoms with Crippen LogP contribution in [0.2, 0.25) is 0 Å². The number of ether oxygens (including phenoxy) is 1. The number of hydrogen-bond acceptors (Lipinski definition) is 6. The molecule has 134 valence electrons. The first-order chi connectivity index (χ1) is 12.1. The fourth-order valence-electron chi connectivity index (χ4n) is 3.68. The van der Waals surface area contributed by atoms with Gasteiger partial charge in [0, 0.05) is 25.7 Å². The van der Waals surface area contributed by atoms with Crippen LogP contribution < -0.4 is 5.32 Å². The minimum atomic E-state index is -3.42. The van der Waals surface area contributed by atoms with Crippen molar-refractivity contribution in [1.29, 1.82) is 0 Å². The van der Waals surface area contributed by atoms with Crippen molar-refractivity contribution in [1.82, 2.24) is 9.29 Å². The van der Waals surface area contributed by atoms with Gasteiger partial charge in [-0.15, -0.1) is 11.3 Å². The van der Waals surface area contributed by atoms with E-state index in [1.165, 1.54) is 11.3 Å². The molecule has 0 unspecified atom stereocenters. The van der Waals surface area contributed by atoms with Crippen LogP contribution in [0, 0.1) is 0 Å². The van der Waals surface area contributed by atoms with Gasteiger partial charge >= 0.3 is 0 Å². The van der Waals surface area contributed by atoms with Crippen LogP contribution in [-0.4, -0.2) is 49.0 Å². The maximum atomic E-state index is 12.8. The van der Waals surface area contributed by atoms with E-state index in [0.717, 1.165) is 25.1 Å². The number of piperidine rings is 1. The van der Waals surface area contributed by atoms with Crippen LogP contribution in [0.3, 0.4) is 0 Å². The van der Waals surface area contributed by atoms with Crippen LogP contribution in [0.15, 0.2) is 46.1 Å². The average Bonchev–Trinajstić information content (AvgIpc) is 3.27. The van der Waals surface area contributed by atoms with Crippen LogP contribution in [-0.2, 0) is 14.8 Å². The molecule has 2 fully saturated rings. The molecule has 2 saturated heterocycles. The summed E-state index contributed by atoms with van der Waals surface area (Å²) in [5.41, 5.74) is -0.394. The molecule has 0 aromatic carbocycles. The van der Waals surface area contributed by atoms with Crippen molar-refractivity contribution >= 4 is 27.2 Å². The Kier molecular flexibility index (Phi) is 4.53. The van der Waals surface area contributed by atoms with Crippen LogP contribution in [0.5, 0.6) is 0 Å². The van der Waals surface area contributed by atoms with E-state index in [4.69, 9.17) is 4.74 Å². The fourth-order valence-corrected chi connectivity index (χ4v) is 6.38. The molecular formula is C17H21N3O3S2. The molecule has 0 radical (unpaired) electrons. The molecule has 0 saturated carbocycles. The van der Waals surface area contributed by atoms with E-state index in [1.54, 1.807) is 28.0 Å². The summed E-state index contributed by atoms with van der Waals surface area (Å²) >= 11 is 1.27. The lowest BCUT2D eigenvalue weighted by Gasteiger charge is -2.38. The lowest BCUT2D eigenvalue weighted by Crippen LogP contribution is -2.50. The zero-order valence-electron chi connectivity index (χ0n) is 13.8. The molecule has 2 aliphatic heterocycles. The van der Waals surface area contributed by atoms with Gasteiger partial charge in [0.05, 0.1) is 18.2 Å². The van der Waals surface area contributed by atoms with Gasteiger partial charge in [-0.25, -0.2) is 13.4 Å². The zero-order valence-corrected chi connectivity index (χ0v) is 15.4. The molecule has 4 heterocycles. The van der Waals surface area contributed by atoms with Gasteiger partial charge in [-0.1, -0.05) is 12.1 Å². The number of aromatic nitrogens is 1. The Morgan fingerprint density at radius 1 is 1.32 bits per heavy atom. The first-order valence-electron chi connectivity index (χ1n) is 8.43. The molecule has 1 N–H and O–H groups in total. The molecule has 0 amide bonds. The van der Waals surface area contributed by atoms with Crippen LogP contribution in [0.1, 0.15) is 19.3 Å². The number of pyridine rings is 1. The minimum Gasteiger partial charge on any atom is -0.371 e. The molecule has 4 rings (SSSR count). The second-order valence-corrected chi connectivity index (χ2v) is 9.74. The summed E-state index contributed by atoms with van der Waals surface area (Å²) in [6, 6.07) is 9.35. The summed E-state index contributed by atoms with van der Waals surface area (Å²) in [4.78, 5) is 4.29. The molecule has 2 aliphatic rings. The van der Waals surface area contributed by atoms with Crippen LogP contribution >= 0.6 is 11.3 Å². The van der Waals surface area contributed by atoms with Gasteiger partial charge in [0.1, 0.15) is 10.0 Å². The molecule has 6 nitrogen and oxygen atoms in total. The molecule has 25 heavy (non-hydrogen) atoms. The predicted octanol–water partition coefficient (Wildman–Crippen LogP) is 2.57. The Morgan fingerprint density at radius 2 is 2.24 bits per heavy atom. The number of nitrogens with zero attached hydrogens (tertiary/aromatic N) is 2. The SMILES string of the molecule is O=S(=O)(c1cccs1)N1CCC[C@]2(C[C@@H](Nc3ccccn3)CO2)C1. The first kappa shape index (κ1) is 17.0. The molecule has 0 aliphatic carbocycles. The number of hydrogen-bond donors (Lipinski definition) is 1. The van der Waals surface area contributed by atoms with Crippen molar-refractivity contribution in [3.63, 3.8) is 0 Å². The first-order valence-corrected chi connectivity index (χ1v) is 10.7. The fraction of sp³-hybridized carbons (Fsp3) is 0.471. The van der Waals surface area contributed by atoms with E-state index >= 15 is 0 Å². The molecule has 2 aromatic rings.